The molecule has 1 unspecified atom stereocenters. The van der Waals surface area contributed by atoms with Gasteiger partial charge < -0.3 is 0 Å². The van der Waals surface area contributed by atoms with E-state index in [0.29, 0.717) is 12.0 Å². The SMILES string of the molecule is CCCCCC(C(=O)c1ccc(-c2ccc([N+](=O)[O-])cc2)cc1)C(=O)C1CCCCC1. The Morgan fingerprint density at radius 3 is 2.06 bits per heavy atom. The van der Waals surface area contributed by atoms with Crippen molar-refractivity contribution < 1.29 is 14.5 Å². The number of nitro groups is 1. The Morgan fingerprint density at radius 2 is 1.52 bits per heavy atom. The van der Waals surface area contributed by atoms with Gasteiger partial charge in [0.2, 0.25) is 0 Å². The standard InChI is InChI=1S/C26H31NO4/c1-2-3-5-10-24(25(28)21-8-6-4-7-9-21)26(29)22-13-11-19(12-14-22)20-15-17-23(18-16-20)27(30)31/h11-18,21,24H,2-10H2,1H3. The number of rotatable bonds is 10. The lowest BCUT2D eigenvalue weighted by Crippen LogP contribution is -2.31. The summed E-state index contributed by atoms with van der Waals surface area (Å²) in [7, 11) is 0. The quantitative estimate of drug-likeness (QED) is 0.139. The van der Waals surface area contributed by atoms with Gasteiger partial charge in [0.1, 0.15) is 5.78 Å². The molecule has 1 saturated carbocycles. The van der Waals surface area contributed by atoms with Gasteiger partial charge in [0, 0.05) is 23.6 Å². The van der Waals surface area contributed by atoms with Crippen LogP contribution >= 0.6 is 0 Å². The van der Waals surface area contributed by atoms with Crippen LogP contribution in [0.1, 0.15) is 75.1 Å². The lowest BCUT2D eigenvalue weighted by Gasteiger charge is -2.25. The lowest BCUT2D eigenvalue weighted by molar-refractivity contribution is -0.384. The van der Waals surface area contributed by atoms with E-state index in [9.17, 15) is 19.7 Å². The predicted molar refractivity (Wildman–Crippen MR) is 122 cm³/mol. The van der Waals surface area contributed by atoms with Crippen LogP contribution in [0.4, 0.5) is 5.69 Å². The first-order valence-electron chi connectivity index (χ1n) is 11.4. The Bertz CT molecular complexity index is 896. The second-order valence-electron chi connectivity index (χ2n) is 8.53. The van der Waals surface area contributed by atoms with Crippen molar-refractivity contribution in [3.63, 3.8) is 0 Å². The number of carbonyl (C=O) groups excluding carboxylic acids is 2. The number of benzene rings is 2. The number of nitrogens with zero attached hydrogens (tertiary/aromatic N) is 1. The number of carbonyl (C=O) groups is 2. The summed E-state index contributed by atoms with van der Waals surface area (Å²) in [5.41, 5.74) is 2.35. The molecule has 1 aliphatic rings. The zero-order chi connectivity index (χ0) is 22.2. The molecular weight excluding hydrogens is 390 g/mol. The highest BCUT2D eigenvalue weighted by molar-refractivity contribution is 6.11. The van der Waals surface area contributed by atoms with E-state index in [0.717, 1.165) is 56.1 Å². The number of ketones is 2. The van der Waals surface area contributed by atoms with E-state index in [-0.39, 0.29) is 23.2 Å². The lowest BCUT2D eigenvalue weighted by atomic mass is 9.77. The molecule has 0 heterocycles. The molecule has 5 nitrogen and oxygen atoms in total. The topological polar surface area (TPSA) is 77.3 Å². The van der Waals surface area contributed by atoms with E-state index < -0.39 is 10.8 Å². The van der Waals surface area contributed by atoms with E-state index in [1.54, 1.807) is 24.3 Å². The van der Waals surface area contributed by atoms with Gasteiger partial charge in [-0.2, -0.15) is 0 Å². The zero-order valence-electron chi connectivity index (χ0n) is 18.2. The van der Waals surface area contributed by atoms with Crippen molar-refractivity contribution in [1.29, 1.82) is 0 Å². The molecule has 0 N–H and O–H groups in total. The highest BCUT2D eigenvalue weighted by Crippen LogP contribution is 2.30. The molecule has 0 aliphatic heterocycles. The van der Waals surface area contributed by atoms with Gasteiger partial charge in [0.25, 0.3) is 5.69 Å². The average Bonchev–Trinajstić information content (AvgIpc) is 2.82. The second-order valence-corrected chi connectivity index (χ2v) is 8.53. The Labute approximate surface area is 184 Å². The summed E-state index contributed by atoms with van der Waals surface area (Å²) in [5.74, 6) is -0.439. The first-order chi connectivity index (χ1) is 15.0. The van der Waals surface area contributed by atoms with E-state index in [1.807, 2.05) is 12.1 Å². The molecule has 1 atom stereocenters. The van der Waals surface area contributed by atoms with Crippen molar-refractivity contribution in [2.75, 3.05) is 0 Å². The third-order valence-corrected chi connectivity index (χ3v) is 6.34. The fourth-order valence-corrected chi connectivity index (χ4v) is 4.48. The summed E-state index contributed by atoms with van der Waals surface area (Å²) in [6.45, 7) is 2.12. The van der Waals surface area contributed by atoms with Crippen LogP contribution in [0.5, 0.6) is 0 Å². The minimum atomic E-state index is -0.542. The van der Waals surface area contributed by atoms with Crippen LogP contribution in [0.15, 0.2) is 48.5 Å². The van der Waals surface area contributed by atoms with Crippen molar-refractivity contribution in [3.05, 3.63) is 64.2 Å². The monoisotopic (exact) mass is 421 g/mol. The number of hydrogen-bond donors (Lipinski definition) is 0. The molecule has 1 aliphatic carbocycles. The Balaban J connectivity index is 1.76. The molecule has 2 aromatic rings. The smallest absolute Gasteiger partial charge is 0.269 e. The fourth-order valence-electron chi connectivity index (χ4n) is 4.48. The van der Waals surface area contributed by atoms with Gasteiger partial charge >= 0.3 is 0 Å². The molecule has 164 valence electrons. The number of hydrogen-bond acceptors (Lipinski definition) is 4. The highest BCUT2D eigenvalue weighted by Gasteiger charge is 2.33. The van der Waals surface area contributed by atoms with Crippen molar-refractivity contribution in [2.24, 2.45) is 11.8 Å². The van der Waals surface area contributed by atoms with Gasteiger partial charge in [-0.25, -0.2) is 0 Å². The van der Waals surface area contributed by atoms with Gasteiger partial charge in [-0.15, -0.1) is 0 Å². The fraction of sp³-hybridized carbons (Fsp3) is 0.462. The van der Waals surface area contributed by atoms with E-state index in [1.165, 1.54) is 18.6 Å². The van der Waals surface area contributed by atoms with Gasteiger partial charge in [0.15, 0.2) is 5.78 Å². The Kier molecular flexibility index (Phi) is 8.10. The van der Waals surface area contributed by atoms with Crippen LogP contribution in [0, 0.1) is 22.0 Å². The van der Waals surface area contributed by atoms with Gasteiger partial charge in [0.05, 0.1) is 10.8 Å². The molecule has 31 heavy (non-hydrogen) atoms. The van der Waals surface area contributed by atoms with E-state index in [4.69, 9.17) is 0 Å². The molecular formula is C26H31NO4. The summed E-state index contributed by atoms with van der Waals surface area (Å²) >= 11 is 0. The largest absolute Gasteiger partial charge is 0.299 e. The van der Waals surface area contributed by atoms with Crippen molar-refractivity contribution in [3.8, 4) is 11.1 Å². The maximum Gasteiger partial charge on any atom is 0.269 e. The summed E-state index contributed by atoms with van der Waals surface area (Å²) in [5, 5.41) is 10.8. The molecule has 0 spiro atoms. The normalized spacial score (nSPS) is 15.4. The molecule has 0 radical (unpaired) electrons. The van der Waals surface area contributed by atoms with E-state index >= 15 is 0 Å². The van der Waals surface area contributed by atoms with Crippen LogP contribution < -0.4 is 0 Å². The maximum absolute atomic E-state index is 13.3. The first kappa shape index (κ1) is 22.9. The Morgan fingerprint density at radius 1 is 0.935 bits per heavy atom. The third kappa shape index (κ3) is 5.87. The molecule has 0 saturated heterocycles. The third-order valence-electron chi connectivity index (χ3n) is 6.34. The van der Waals surface area contributed by atoms with Crippen LogP contribution in [0.2, 0.25) is 0 Å². The van der Waals surface area contributed by atoms with Crippen LogP contribution in [0.25, 0.3) is 11.1 Å². The second kappa shape index (κ2) is 11.0. The van der Waals surface area contributed by atoms with Crippen LogP contribution in [0.3, 0.4) is 0 Å². The number of Topliss-reactive ketones (excluding diaryl/α,β-unsaturated/α-hetero) is 2. The molecule has 1 fully saturated rings. The summed E-state index contributed by atoms with van der Waals surface area (Å²) < 4.78 is 0. The number of nitro benzene ring substituents is 1. The van der Waals surface area contributed by atoms with Gasteiger partial charge in [-0.3, -0.25) is 19.7 Å². The van der Waals surface area contributed by atoms with Gasteiger partial charge in [-0.05, 0) is 42.5 Å². The zero-order valence-corrected chi connectivity index (χ0v) is 18.2. The molecule has 0 bridgehead atoms. The summed E-state index contributed by atoms with van der Waals surface area (Å²) in [6, 6.07) is 13.6. The minimum Gasteiger partial charge on any atom is -0.299 e. The van der Waals surface area contributed by atoms with Crippen molar-refractivity contribution >= 4 is 17.3 Å². The molecule has 2 aromatic carbocycles. The number of unbranched alkanes of at least 4 members (excludes halogenated alkanes) is 2. The molecule has 5 heteroatoms. The molecule has 0 aromatic heterocycles. The van der Waals surface area contributed by atoms with Crippen molar-refractivity contribution in [2.45, 2.75) is 64.7 Å². The van der Waals surface area contributed by atoms with Gasteiger partial charge in [-0.1, -0.05) is 69.7 Å². The average molecular weight is 422 g/mol. The predicted octanol–water partition coefficient (Wildman–Crippen LogP) is 6.79. The first-order valence-corrected chi connectivity index (χ1v) is 11.4. The highest BCUT2D eigenvalue weighted by atomic mass is 16.6. The minimum absolute atomic E-state index is 0.0312. The summed E-state index contributed by atoms with van der Waals surface area (Å²) in [4.78, 5) is 36.9. The van der Waals surface area contributed by atoms with Crippen molar-refractivity contribution in [1.82, 2.24) is 0 Å². The molecule has 0 amide bonds. The van der Waals surface area contributed by atoms with Crippen LogP contribution in [-0.4, -0.2) is 16.5 Å². The number of non-ortho nitro benzene ring substituents is 1. The molecule has 3 rings (SSSR count). The maximum atomic E-state index is 13.3. The summed E-state index contributed by atoms with van der Waals surface area (Å²) in [6.07, 6.45) is 8.78. The van der Waals surface area contributed by atoms with Crippen LogP contribution in [-0.2, 0) is 4.79 Å². The van der Waals surface area contributed by atoms with E-state index in [2.05, 4.69) is 6.92 Å². The Hall–Kier alpha value is -2.82.